The Balaban J connectivity index is 1.03. The van der Waals surface area contributed by atoms with Gasteiger partial charge in [-0.2, -0.15) is 0 Å². The number of anilines is 1. The van der Waals surface area contributed by atoms with Crippen LogP contribution in [0.2, 0.25) is 0 Å². The van der Waals surface area contributed by atoms with Crippen molar-refractivity contribution in [3.63, 3.8) is 0 Å². The molecule has 7 rings (SSSR count). The Bertz CT molecular complexity index is 1260. The van der Waals surface area contributed by atoms with Crippen molar-refractivity contribution in [2.75, 3.05) is 57.3 Å². The highest BCUT2D eigenvalue weighted by molar-refractivity contribution is 5.54. The predicted molar refractivity (Wildman–Crippen MR) is 157 cm³/mol. The zero-order valence-corrected chi connectivity index (χ0v) is 22.9. The highest BCUT2D eigenvalue weighted by atomic mass is 16.5. The molecule has 39 heavy (non-hydrogen) atoms. The van der Waals surface area contributed by atoms with Crippen molar-refractivity contribution in [1.29, 1.82) is 0 Å². The van der Waals surface area contributed by atoms with Crippen LogP contribution in [0.1, 0.15) is 54.2 Å². The number of ether oxygens (including phenoxy) is 1. The summed E-state index contributed by atoms with van der Waals surface area (Å²) in [6, 6.07) is 25.6. The summed E-state index contributed by atoms with van der Waals surface area (Å²) in [5.41, 5.74) is 5.66. The van der Waals surface area contributed by atoms with Gasteiger partial charge in [0.1, 0.15) is 11.5 Å². The van der Waals surface area contributed by atoms with Gasteiger partial charge in [-0.1, -0.05) is 48.5 Å². The summed E-state index contributed by atoms with van der Waals surface area (Å²) in [6.45, 7) is 9.26. The third-order valence-electron chi connectivity index (χ3n) is 9.92. The summed E-state index contributed by atoms with van der Waals surface area (Å²) in [6.07, 6.45) is 5.32. The van der Waals surface area contributed by atoms with E-state index in [4.69, 9.17) is 4.74 Å². The molecule has 0 aromatic heterocycles. The van der Waals surface area contributed by atoms with Gasteiger partial charge in [0.25, 0.3) is 0 Å². The predicted octanol–water partition coefficient (Wildman–Crippen LogP) is 5.60. The smallest absolute Gasteiger partial charge is 0.126 e. The van der Waals surface area contributed by atoms with Crippen molar-refractivity contribution in [3.05, 3.63) is 89.5 Å². The second-order valence-electron chi connectivity index (χ2n) is 12.5. The van der Waals surface area contributed by atoms with E-state index in [2.05, 4.69) is 69.7 Å². The standard InChI is InChI=1S/C34H41N3O2/c38-29-10-11-30-32(20-29)39-22-31(26-4-2-1-3-5-26)33(30)27-6-8-28(9-7-27)37-18-14-34(15-19-37)23-36(24-34)21-25-12-16-35-17-13-25/h1-11,20,25,31,33,35,38H,12-19,21-24H2/t31-,33-/m0/s1. The van der Waals surface area contributed by atoms with E-state index >= 15 is 0 Å². The lowest BCUT2D eigenvalue weighted by molar-refractivity contribution is -0.0296. The lowest BCUT2D eigenvalue weighted by Gasteiger charge is -2.55. The molecule has 4 aliphatic heterocycles. The number of fused-ring (bicyclic) bond motifs is 1. The molecule has 0 saturated carbocycles. The van der Waals surface area contributed by atoms with Crippen molar-refractivity contribution < 1.29 is 9.84 Å². The molecule has 0 radical (unpaired) electrons. The molecule has 0 aliphatic carbocycles. The number of piperidine rings is 2. The average Bonchev–Trinajstić information content (AvgIpc) is 2.97. The average molecular weight is 524 g/mol. The zero-order chi connectivity index (χ0) is 26.2. The number of hydrogen-bond donors (Lipinski definition) is 2. The molecule has 4 aliphatic rings. The summed E-state index contributed by atoms with van der Waals surface area (Å²) in [5, 5.41) is 13.6. The van der Waals surface area contributed by atoms with E-state index in [1.165, 1.54) is 75.2 Å². The summed E-state index contributed by atoms with van der Waals surface area (Å²) in [4.78, 5) is 5.32. The number of likely N-dealkylation sites (tertiary alicyclic amines) is 1. The Morgan fingerprint density at radius 1 is 0.872 bits per heavy atom. The van der Waals surface area contributed by atoms with Crippen LogP contribution in [0.3, 0.4) is 0 Å². The summed E-state index contributed by atoms with van der Waals surface area (Å²) < 4.78 is 6.15. The van der Waals surface area contributed by atoms with E-state index in [0.29, 0.717) is 12.0 Å². The monoisotopic (exact) mass is 523 g/mol. The minimum Gasteiger partial charge on any atom is -0.508 e. The highest BCUT2D eigenvalue weighted by Crippen LogP contribution is 2.47. The van der Waals surface area contributed by atoms with Crippen LogP contribution in [0.5, 0.6) is 11.5 Å². The molecule has 5 heteroatoms. The highest BCUT2D eigenvalue weighted by Gasteiger charge is 2.45. The van der Waals surface area contributed by atoms with Crippen LogP contribution in [-0.2, 0) is 0 Å². The molecule has 204 valence electrons. The molecular formula is C34H41N3O2. The van der Waals surface area contributed by atoms with E-state index in [1.807, 2.05) is 6.07 Å². The van der Waals surface area contributed by atoms with Gasteiger partial charge in [-0.25, -0.2) is 0 Å². The number of hydrogen-bond acceptors (Lipinski definition) is 5. The maximum Gasteiger partial charge on any atom is 0.126 e. The first-order valence-corrected chi connectivity index (χ1v) is 14.9. The second kappa shape index (κ2) is 10.5. The van der Waals surface area contributed by atoms with Gasteiger partial charge in [0.15, 0.2) is 0 Å². The first-order valence-electron chi connectivity index (χ1n) is 14.9. The Hall–Kier alpha value is -3.02. The van der Waals surface area contributed by atoms with Crippen LogP contribution in [0.25, 0.3) is 0 Å². The van der Waals surface area contributed by atoms with Gasteiger partial charge in [-0.05, 0) is 79.4 Å². The number of nitrogens with zero attached hydrogens (tertiary/aromatic N) is 2. The van der Waals surface area contributed by atoms with Gasteiger partial charge >= 0.3 is 0 Å². The molecule has 2 atom stereocenters. The number of rotatable bonds is 5. The van der Waals surface area contributed by atoms with Crippen molar-refractivity contribution >= 4 is 5.69 Å². The molecule has 3 saturated heterocycles. The van der Waals surface area contributed by atoms with Crippen LogP contribution < -0.4 is 15.0 Å². The Morgan fingerprint density at radius 3 is 2.36 bits per heavy atom. The molecule has 4 heterocycles. The van der Waals surface area contributed by atoms with Crippen molar-refractivity contribution in [2.45, 2.75) is 37.5 Å². The largest absolute Gasteiger partial charge is 0.508 e. The molecular weight excluding hydrogens is 482 g/mol. The Labute approximate surface area is 232 Å². The van der Waals surface area contributed by atoms with E-state index in [-0.39, 0.29) is 17.6 Å². The fraction of sp³-hybridized carbons (Fsp3) is 0.471. The van der Waals surface area contributed by atoms with Gasteiger partial charge < -0.3 is 25.0 Å². The molecule has 3 aromatic carbocycles. The lowest BCUT2D eigenvalue weighted by Crippen LogP contribution is -2.61. The molecule has 3 fully saturated rings. The van der Waals surface area contributed by atoms with Crippen LogP contribution in [-0.4, -0.2) is 62.4 Å². The fourth-order valence-corrected chi connectivity index (χ4v) is 7.71. The number of aromatic hydroxyl groups is 1. The molecule has 0 unspecified atom stereocenters. The molecule has 2 N–H and O–H groups in total. The Morgan fingerprint density at radius 2 is 1.62 bits per heavy atom. The topological polar surface area (TPSA) is 48.0 Å². The normalized spacial score (nSPS) is 25.1. The fourth-order valence-electron chi connectivity index (χ4n) is 7.71. The van der Waals surface area contributed by atoms with Gasteiger partial charge in [0.2, 0.25) is 0 Å². The minimum atomic E-state index is 0.191. The summed E-state index contributed by atoms with van der Waals surface area (Å²) in [5.74, 6) is 2.38. The zero-order valence-electron chi connectivity index (χ0n) is 22.9. The second-order valence-corrected chi connectivity index (χ2v) is 12.5. The SMILES string of the molecule is Oc1ccc2c(c1)OC[C@@H](c1ccccc1)[C@H]2c1ccc(N2CCC3(CC2)CN(CC2CCNCC2)C3)cc1. The van der Waals surface area contributed by atoms with E-state index in [9.17, 15) is 5.11 Å². The lowest BCUT2D eigenvalue weighted by atomic mass is 9.71. The van der Waals surface area contributed by atoms with Gasteiger partial charge in [0.05, 0.1) is 6.61 Å². The minimum absolute atomic E-state index is 0.191. The summed E-state index contributed by atoms with van der Waals surface area (Å²) in [7, 11) is 0. The first-order chi connectivity index (χ1) is 19.2. The van der Waals surface area contributed by atoms with Crippen LogP contribution in [0, 0.1) is 11.3 Å². The van der Waals surface area contributed by atoms with Crippen LogP contribution in [0.15, 0.2) is 72.8 Å². The molecule has 0 amide bonds. The maximum absolute atomic E-state index is 10.1. The molecule has 0 bridgehead atoms. The number of phenolic OH excluding ortho intramolecular Hbond substituents is 1. The molecule has 3 aromatic rings. The van der Waals surface area contributed by atoms with Gasteiger partial charge in [-0.15, -0.1) is 0 Å². The quantitative estimate of drug-likeness (QED) is 0.456. The van der Waals surface area contributed by atoms with E-state index in [1.54, 1.807) is 12.1 Å². The van der Waals surface area contributed by atoms with E-state index < -0.39 is 0 Å². The van der Waals surface area contributed by atoms with Gasteiger partial charge in [-0.3, -0.25) is 0 Å². The first kappa shape index (κ1) is 25.0. The number of nitrogens with one attached hydrogen (secondary N) is 1. The molecule has 1 spiro atoms. The van der Waals surface area contributed by atoms with E-state index in [0.717, 1.165) is 30.3 Å². The van der Waals surface area contributed by atoms with Gasteiger partial charge in [0, 0.05) is 61.9 Å². The summed E-state index contributed by atoms with van der Waals surface area (Å²) >= 11 is 0. The van der Waals surface area contributed by atoms with Crippen LogP contribution in [0.4, 0.5) is 5.69 Å². The van der Waals surface area contributed by atoms with Crippen molar-refractivity contribution in [1.82, 2.24) is 10.2 Å². The maximum atomic E-state index is 10.1. The van der Waals surface area contributed by atoms with Crippen molar-refractivity contribution in [3.8, 4) is 11.5 Å². The Kier molecular flexibility index (Phi) is 6.73. The third kappa shape index (κ3) is 5.03. The van der Waals surface area contributed by atoms with Crippen molar-refractivity contribution in [2.24, 2.45) is 11.3 Å². The number of phenols is 1. The molecule has 5 nitrogen and oxygen atoms in total. The third-order valence-corrected chi connectivity index (χ3v) is 9.92. The number of benzene rings is 3. The van der Waals surface area contributed by atoms with Crippen LogP contribution >= 0.6 is 0 Å².